The first-order valence-corrected chi connectivity index (χ1v) is 10.3. The molecule has 2 nitrogen and oxygen atoms in total. The predicted molar refractivity (Wildman–Crippen MR) is 95.4 cm³/mol. The summed E-state index contributed by atoms with van der Waals surface area (Å²) in [7, 11) is 0. The third-order valence-corrected chi connectivity index (χ3v) is 10.3. The smallest absolute Gasteiger partial charge is 0.0860 e. The molecule has 0 amide bonds. The molecule has 24 heavy (non-hydrogen) atoms. The lowest BCUT2D eigenvalue weighted by Crippen LogP contribution is -2.58. The fraction of sp³-hybridized carbons (Fsp3) is 0.909. The Balaban J connectivity index is 1.53. The molecule has 2 bridgehead atoms. The molecule has 0 unspecified atom stereocenters. The lowest BCUT2D eigenvalue weighted by Gasteiger charge is -2.64. The second-order valence-corrected chi connectivity index (χ2v) is 10.7. The average Bonchev–Trinajstić information content (AvgIpc) is 2.95. The van der Waals surface area contributed by atoms with Gasteiger partial charge in [0.15, 0.2) is 0 Å². The fourth-order valence-electron chi connectivity index (χ4n) is 8.66. The van der Waals surface area contributed by atoms with Gasteiger partial charge in [-0.1, -0.05) is 20.4 Å². The van der Waals surface area contributed by atoms with Gasteiger partial charge in [0.2, 0.25) is 0 Å². The zero-order valence-electron chi connectivity index (χ0n) is 15.5. The standard InChI is InChI=1S/C22H34O2/c1-14-12-21-9-6-15-16-4-5-18(23)19(16,2)8-7-17(15)20(21,3)10-11-22(14,24)13-21/h15-18,23-24H,1,4-13H2,2-3H3/t15-,16-,17-,18-,19-,20+,21+,22-/m0/s1. The van der Waals surface area contributed by atoms with E-state index in [9.17, 15) is 10.2 Å². The molecule has 5 fully saturated rings. The largest absolute Gasteiger partial charge is 0.393 e. The molecule has 2 heteroatoms. The summed E-state index contributed by atoms with van der Waals surface area (Å²) in [5.41, 5.74) is 1.43. The number of hydrogen-bond donors (Lipinski definition) is 2. The van der Waals surface area contributed by atoms with Crippen LogP contribution in [0.4, 0.5) is 0 Å². The van der Waals surface area contributed by atoms with Crippen molar-refractivity contribution < 1.29 is 10.2 Å². The molecule has 0 aromatic carbocycles. The molecule has 0 aromatic heterocycles. The maximum absolute atomic E-state index is 11.0. The van der Waals surface area contributed by atoms with Gasteiger partial charge in [0.25, 0.3) is 0 Å². The third kappa shape index (κ3) is 1.62. The Morgan fingerprint density at radius 2 is 1.75 bits per heavy atom. The van der Waals surface area contributed by atoms with Crippen LogP contribution in [0.25, 0.3) is 0 Å². The zero-order valence-corrected chi connectivity index (χ0v) is 15.5. The van der Waals surface area contributed by atoms with Crippen molar-refractivity contribution in [2.75, 3.05) is 0 Å². The summed E-state index contributed by atoms with van der Waals surface area (Å²) in [6.07, 6.45) is 11.4. The summed E-state index contributed by atoms with van der Waals surface area (Å²) in [6.45, 7) is 9.22. The number of fused-ring (bicyclic) bond motifs is 5. The fourth-order valence-corrected chi connectivity index (χ4v) is 8.66. The molecule has 0 saturated heterocycles. The molecule has 5 saturated carbocycles. The average molecular weight is 331 g/mol. The van der Waals surface area contributed by atoms with Gasteiger partial charge >= 0.3 is 0 Å². The lowest BCUT2D eigenvalue weighted by molar-refractivity contribution is -0.174. The Labute approximate surface area is 146 Å². The van der Waals surface area contributed by atoms with E-state index < -0.39 is 5.60 Å². The van der Waals surface area contributed by atoms with E-state index in [1.165, 1.54) is 38.5 Å². The number of hydrogen-bond acceptors (Lipinski definition) is 2. The zero-order chi connectivity index (χ0) is 17.0. The Morgan fingerprint density at radius 1 is 0.958 bits per heavy atom. The maximum atomic E-state index is 11.0. The number of aliphatic hydroxyl groups excluding tert-OH is 1. The molecule has 134 valence electrons. The van der Waals surface area contributed by atoms with Crippen LogP contribution in [0.1, 0.15) is 78.1 Å². The van der Waals surface area contributed by atoms with Crippen molar-refractivity contribution in [1.29, 1.82) is 0 Å². The highest BCUT2D eigenvalue weighted by Gasteiger charge is 2.68. The molecule has 8 atom stereocenters. The minimum absolute atomic E-state index is 0.0742. The van der Waals surface area contributed by atoms with E-state index in [1.807, 2.05) is 0 Å². The van der Waals surface area contributed by atoms with E-state index in [4.69, 9.17) is 0 Å². The van der Waals surface area contributed by atoms with E-state index in [2.05, 4.69) is 20.4 Å². The molecule has 0 aromatic rings. The summed E-state index contributed by atoms with van der Waals surface area (Å²) >= 11 is 0. The molecule has 2 N–H and O–H groups in total. The van der Waals surface area contributed by atoms with Crippen molar-refractivity contribution in [2.45, 2.75) is 89.8 Å². The van der Waals surface area contributed by atoms with Gasteiger partial charge < -0.3 is 10.2 Å². The summed E-state index contributed by atoms with van der Waals surface area (Å²) in [6, 6.07) is 0. The first kappa shape index (κ1) is 15.9. The summed E-state index contributed by atoms with van der Waals surface area (Å²) < 4.78 is 0. The van der Waals surface area contributed by atoms with E-state index >= 15 is 0 Å². The van der Waals surface area contributed by atoms with E-state index in [0.717, 1.165) is 49.0 Å². The first-order valence-electron chi connectivity index (χ1n) is 10.3. The van der Waals surface area contributed by atoms with Crippen LogP contribution in [0.3, 0.4) is 0 Å². The minimum atomic E-state index is -0.556. The van der Waals surface area contributed by atoms with Crippen LogP contribution < -0.4 is 0 Å². The summed E-state index contributed by atoms with van der Waals surface area (Å²) in [4.78, 5) is 0. The van der Waals surface area contributed by atoms with Crippen molar-refractivity contribution >= 4 is 0 Å². The van der Waals surface area contributed by atoms with Gasteiger partial charge in [0.05, 0.1) is 11.7 Å². The Bertz CT molecular complexity index is 599. The van der Waals surface area contributed by atoms with Crippen molar-refractivity contribution in [2.24, 2.45) is 34.0 Å². The van der Waals surface area contributed by atoms with E-state index in [0.29, 0.717) is 10.8 Å². The van der Waals surface area contributed by atoms with Crippen molar-refractivity contribution in [3.63, 3.8) is 0 Å². The van der Waals surface area contributed by atoms with Crippen LogP contribution in [0.5, 0.6) is 0 Å². The summed E-state index contributed by atoms with van der Waals surface area (Å²) in [5.74, 6) is 2.33. The van der Waals surface area contributed by atoms with Gasteiger partial charge in [-0.2, -0.15) is 0 Å². The van der Waals surface area contributed by atoms with Gasteiger partial charge in [-0.3, -0.25) is 0 Å². The van der Waals surface area contributed by atoms with Gasteiger partial charge in [-0.05, 0) is 104 Å². The van der Waals surface area contributed by atoms with Crippen molar-refractivity contribution in [3.05, 3.63) is 12.2 Å². The van der Waals surface area contributed by atoms with Gasteiger partial charge in [0, 0.05) is 0 Å². The second-order valence-electron chi connectivity index (χ2n) is 10.7. The van der Waals surface area contributed by atoms with E-state index in [-0.39, 0.29) is 11.5 Å². The van der Waals surface area contributed by atoms with Gasteiger partial charge in [0.1, 0.15) is 0 Å². The van der Waals surface area contributed by atoms with Crippen molar-refractivity contribution in [3.8, 4) is 0 Å². The highest BCUT2D eigenvalue weighted by molar-refractivity contribution is 5.30. The lowest BCUT2D eigenvalue weighted by atomic mass is 9.40. The second kappa shape index (κ2) is 4.49. The van der Waals surface area contributed by atoms with Crippen LogP contribution in [-0.2, 0) is 0 Å². The van der Waals surface area contributed by atoms with Gasteiger partial charge in [-0.25, -0.2) is 0 Å². The SMILES string of the molecule is C=C1C[C@@]23CC[C@H]4[C@@H]5CC[C@H](O)[C@@]5(C)CC[C@@H]4[C@@]2(C)CC[C@]1(O)C3. The molecule has 5 aliphatic rings. The Kier molecular flexibility index (Phi) is 2.97. The molecular weight excluding hydrogens is 296 g/mol. The third-order valence-electron chi connectivity index (χ3n) is 10.3. The Hall–Kier alpha value is -0.340. The monoisotopic (exact) mass is 330 g/mol. The van der Waals surface area contributed by atoms with E-state index in [1.54, 1.807) is 0 Å². The van der Waals surface area contributed by atoms with Crippen LogP contribution in [0.2, 0.25) is 0 Å². The highest BCUT2D eigenvalue weighted by Crippen LogP contribution is 2.75. The molecule has 0 heterocycles. The first-order chi connectivity index (χ1) is 11.2. The summed E-state index contributed by atoms with van der Waals surface area (Å²) in [5, 5.41) is 21.6. The van der Waals surface area contributed by atoms with Crippen molar-refractivity contribution in [1.82, 2.24) is 0 Å². The maximum Gasteiger partial charge on any atom is 0.0860 e. The molecule has 5 rings (SSSR count). The highest BCUT2D eigenvalue weighted by atomic mass is 16.3. The van der Waals surface area contributed by atoms with Crippen LogP contribution in [0, 0.1) is 34.0 Å². The van der Waals surface area contributed by atoms with Gasteiger partial charge in [-0.15, -0.1) is 0 Å². The minimum Gasteiger partial charge on any atom is -0.393 e. The van der Waals surface area contributed by atoms with Crippen LogP contribution in [-0.4, -0.2) is 21.9 Å². The number of aliphatic hydroxyl groups is 2. The molecule has 0 radical (unpaired) electrons. The molecule has 0 aliphatic heterocycles. The quantitative estimate of drug-likeness (QED) is 0.644. The molecular formula is C22H34O2. The molecule has 1 spiro atoms. The molecule has 5 aliphatic carbocycles. The topological polar surface area (TPSA) is 40.5 Å². The van der Waals surface area contributed by atoms with Crippen LogP contribution >= 0.6 is 0 Å². The number of rotatable bonds is 0. The van der Waals surface area contributed by atoms with Crippen LogP contribution in [0.15, 0.2) is 12.2 Å². The normalized spacial score (nSPS) is 62.1. The Morgan fingerprint density at radius 3 is 2.54 bits per heavy atom. The predicted octanol–water partition coefficient (Wildman–Crippen LogP) is 4.45.